The molecule has 0 N–H and O–H groups in total. The summed E-state index contributed by atoms with van der Waals surface area (Å²) in [5, 5.41) is 2.55. The summed E-state index contributed by atoms with van der Waals surface area (Å²) in [5.74, 6) is 0. The third-order valence-electron chi connectivity index (χ3n) is 17.7. The van der Waals surface area contributed by atoms with E-state index in [0.717, 1.165) is 11.4 Å². The molecule has 4 heteroatoms. The van der Waals surface area contributed by atoms with Gasteiger partial charge in [-0.15, -0.1) is 0 Å². The quantitative estimate of drug-likeness (QED) is 0.154. The Morgan fingerprint density at radius 2 is 0.975 bits per heavy atom. The first-order valence-corrected chi connectivity index (χ1v) is 28.8. The van der Waals surface area contributed by atoms with E-state index in [1.54, 1.807) is 0 Å². The molecular formula is C75H78BN3. The molecule has 9 aromatic carbocycles. The van der Waals surface area contributed by atoms with Gasteiger partial charge in [-0.1, -0.05) is 218 Å². The summed E-state index contributed by atoms with van der Waals surface area (Å²) >= 11 is 0. The summed E-state index contributed by atoms with van der Waals surface area (Å²) in [6.45, 7) is 37.6. The van der Waals surface area contributed by atoms with E-state index in [1.807, 2.05) is 0 Å². The van der Waals surface area contributed by atoms with Crippen LogP contribution < -0.4 is 26.2 Å². The molecule has 10 aromatic rings. The van der Waals surface area contributed by atoms with Gasteiger partial charge >= 0.3 is 0 Å². The molecule has 0 unspecified atom stereocenters. The van der Waals surface area contributed by atoms with Crippen LogP contribution in [-0.4, -0.2) is 11.3 Å². The number of aromatic nitrogens is 1. The highest BCUT2D eigenvalue weighted by Crippen LogP contribution is 2.50. The molecule has 0 fully saturated rings. The fourth-order valence-corrected chi connectivity index (χ4v) is 13.2. The largest absolute Gasteiger partial charge is 0.311 e. The van der Waals surface area contributed by atoms with Gasteiger partial charge < -0.3 is 14.4 Å². The van der Waals surface area contributed by atoms with Gasteiger partial charge in [0, 0.05) is 50.2 Å². The number of hydrogen-bond donors (Lipinski definition) is 0. The van der Waals surface area contributed by atoms with E-state index in [-0.39, 0.29) is 33.8 Å². The van der Waals surface area contributed by atoms with Crippen molar-refractivity contribution < 1.29 is 0 Å². The van der Waals surface area contributed by atoms with Crippen LogP contribution in [-0.2, 0) is 27.1 Å². The Labute approximate surface area is 472 Å². The molecule has 2 aliphatic heterocycles. The zero-order valence-corrected chi connectivity index (χ0v) is 49.7. The second-order valence-corrected chi connectivity index (χ2v) is 27.7. The van der Waals surface area contributed by atoms with E-state index in [1.165, 1.54) is 122 Å². The van der Waals surface area contributed by atoms with Crippen molar-refractivity contribution in [3.63, 3.8) is 0 Å². The SMILES string of the molecule is Cc1cc(C(C)(C)C)cc(C)c1N(c1ccc(C(C)(C)C)cc1)c1ccc2c(c1)C(C)(C)c1cc(C(C)(C)C)cc3c1B2c1cc2c4cc(C(C)(C)C)ccc4n(-c4ccccc4)c2cc1N3c1ccccc1-c1ccccc1. The molecule has 0 atom stereocenters. The molecule has 1 aromatic heterocycles. The molecule has 12 rings (SSSR count). The number of benzene rings is 9. The second-order valence-electron chi connectivity index (χ2n) is 27.7. The van der Waals surface area contributed by atoms with Gasteiger partial charge in [0.25, 0.3) is 0 Å². The molecule has 2 aliphatic rings. The lowest BCUT2D eigenvalue weighted by molar-refractivity contribution is 0.583. The third kappa shape index (κ3) is 8.64. The number of hydrogen-bond acceptors (Lipinski definition) is 2. The van der Waals surface area contributed by atoms with Crippen molar-refractivity contribution in [1.29, 1.82) is 0 Å². The molecule has 0 amide bonds. The van der Waals surface area contributed by atoms with E-state index < -0.39 is 0 Å². The van der Waals surface area contributed by atoms with Gasteiger partial charge in [-0.25, -0.2) is 0 Å². The van der Waals surface area contributed by atoms with Gasteiger partial charge in [-0.3, -0.25) is 0 Å². The van der Waals surface area contributed by atoms with Crippen LogP contribution in [0.15, 0.2) is 182 Å². The highest BCUT2D eigenvalue weighted by Gasteiger charge is 2.48. The van der Waals surface area contributed by atoms with Crippen LogP contribution in [0.4, 0.5) is 34.1 Å². The normalized spacial score (nSPS) is 14.1. The maximum Gasteiger partial charge on any atom is 0.247 e. The molecule has 0 bridgehead atoms. The lowest BCUT2D eigenvalue weighted by Gasteiger charge is -2.47. The average Bonchev–Trinajstić information content (AvgIpc) is 3.98. The van der Waals surface area contributed by atoms with Crippen molar-refractivity contribution in [2.75, 3.05) is 9.80 Å². The Morgan fingerprint density at radius 1 is 0.418 bits per heavy atom. The van der Waals surface area contributed by atoms with E-state index >= 15 is 0 Å². The van der Waals surface area contributed by atoms with Crippen molar-refractivity contribution >= 4 is 79.0 Å². The van der Waals surface area contributed by atoms with Gasteiger partial charge in [0.2, 0.25) is 6.71 Å². The number of para-hydroxylation sites is 2. The first-order chi connectivity index (χ1) is 37.3. The van der Waals surface area contributed by atoms with E-state index in [4.69, 9.17) is 0 Å². The lowest BCUT2D eigenvalue weighted by atomic mass is 9.30. The molecular weight excluding hydrogens is 954 g/mol. The molecule has 0 spiro atoms. The Hall–Kier alpha value is -7.56. The topological polar surface area (TPSA) is 11.4 Å². The Balaban J connectivity index is 1.19. The van der Waals surface area contributed by atoms with Gasteiger partial charge in [0.15, 0.2) is 0 Å². The zero-order valence-electron chi connectivity index (χ0n) is 49.7. The predicted octanol–water partition coefficient (Wildman–Crippen LogP) is 18.7. The first kappa shape index (κ1) is 52.2. The van der Waals surface area contributed by atoms with Gasteiger partial charge in [-0.05, 0) is 163 Å². The highest BCUT2D eigenvalue weighted by atomic mass is 15.2. The highest BCUT2D eigenvalue weighted by molar-refractivity contribution is 6.99. The van der Waals surface area contributed by atoms with Crippen LogP contribution in [0, 0.1) is 13.8 Å². The number of anilines is 6. The van der Waals surface area contributed by atoms with Crippen molar-refractivity contribution in [1.82, 2.24) is 4.57 Å². The summed E-state index contributed by atoms with van der Waals surface area (Å²) in [6.07, 6.45) is 0. The molecule has 3 nitrogen and oxygen atoms in total. The van der Waals surface area contributed by atoms with Crippen LogP contribution in [0.25, 0.3) is 38.6 Å². The van der Waals surface area contributed by atoms with Gasteiger partial charge in [0.05, 0.1) is 22.4 Å². The van der Waals surface area contributed by atoms with Crippen LogP contribution >= 0.6 is 0 Å². The third-order valence-corrected chi connectivity index (χ3v) is 17.7. The number of nitrogens with zero attached hydrogens (tertiary/aromatic N) is 3. The van der Waals surface area contributed by atoms with Gasteiger partial charge in [-0.2, -0.15) is 0 Å². The van der Waals surface area contributed by atoms with E-state index in [9.17, 15) is 0 Å². The summed E-state index contributed by atoms with van der Waals surface area (Å²) in [7, 11) is 0. The summed E-state index contributed by atoms with van der Waals surface area (Å²) in [6, 6.07) is 70.3. The standard InChI is InChI=1S/C75H78BN3/c1-47-39-52(73(9,10)11)40-48(2)70(47)77(55-34-31-50(32-35-55)71(3,4)5)56-36-37-62-60(44-56)75(15,16)61-42-53(74(12,13)14)43-68-69(61)76(62)63-45-59-58-41-51(72(6,7)8)33-38-65(58)78(54-27-21-18-22-28-54)66(59)46-67(63)79(68)64-30-24-23-29-57(64)49-25-19-17-20-26-49/h17-46H,1-16H3. The first-order valence-electron chi connectivity index (χ1n) is 28.8. The minimum absolute atomic E-state index is 0.0215. The fraction of sp³-hybridized carbons (Fsp3) is 0.280. The Bertz CT molecular complexity index is 4010. The number of aryl methyl sites for hydroxylation is 2. The van der Waals surface area contributed by atoms with E-state index in [2.05, 4.69) is 307 Å². The second kappa shape index (κ2) is 18.2. The number of fused-ring (bicyclic) bond motifs is 7. The molecule has 0 radical (unpaired) electrons. The molecule has 79 heavy (non-hydrogen) atoms. The average molecular weight is 1030 g/mol. The van der Waals surface area contributed by atoms with Crippen LogP contribution in [0.1, 0.15) is 141 Å². The molecule has 0 saturated heterocycles. The molecule has 3 heterocycles. The minimum Gasteiger partial charge on any atom is -0.311 e. The molecule has 396 valence electrons. The maximum atomic E-state index is 2.65. The number of rotatable bonds is 6. The van der Waals surface area contributed by atoms with E-state index in [0.29, 0.717) is 0 Å². The zero-order chi connectivity index (χ0) is 55.9. The molecule has 0 aliphatic carbocycles. The van der Waals surface area contributed by atoms with Crippen molar-refractivity contribution in [3.05, 3.63) is 226 Å². The Morgan fingerprint density at radius 3 is 1.61 bits per heavy atom. The van der Waals surface area contributed by atoms with Crippen molar-refractivity contribution in [2.24, 2.45) is 0 Å². The van der Waals surface area contributed by atoms with Crippen LogP contribution in [0.2, 0.25) is 0 Å². The predicted molar refractivity (Wildman–Crippen MR) is 343 cm³/mol. The maximum absolute atomic E-state index is 2.65. The minimum atomic E-state index is -0.383. The van der Waals surface area contributed by atoms with Crippen LogP contribution in [0.5, 0.6) is 0 Å². The molecule has 0 saturated carbocycles. The van der Waals surface area contributed by atoms with Crippen molar-refractivity contribution in [2.45, 2.75) is 138 Å². The summed E-state index contributed by atoms with van der Waals surface area (Å²) in [4.78, 5) is 5.21. The fourth-order valence-electron chi connectivity index (χ4n) is 13.2. The summed E-state index contributed by atoms with van der Waals surface area (Å²) in [5.41, 5.74) is 27.4. The summed E-state index contributed by atoms with van der Waals surface area (Å²) < 4.78 is 2.51. The lowest BCUT2D eigenvalue weighted by Crippen LogP contribution is -2.64. The smallest absolute Gasteiger partial charge is 0.247 e. The Kier molecular flexibility index (Phi) is 12.0. The van der Waals surface area contributed by atoms with Crippen LogP contribution in [0.3, 0.4) is 0 Å². The monoisotopic (exact) mass is 1030 g/mol. The van der Waals surface area contributed by atoms with Crippen molar-refractivity contribution in [3.8, 4) is 16.8 Å². The van der Waals surface area contributed by atoms with Gasteiger partial charge in [0.1, 0.15) is 0 Å².